The Balaban J connectivity index is 1.52. The number of hydrogen-bond donors (Lipinski definition) is 1. The van der Waals surface area contributed by atoms with Crippen molar-refractivity contribution in [1.29, 1.82) is 0 Å². The molecule has 0 radical (unpaired) electrons. The summed E-state index contributed by atoms with van der Waals surface area (Å²) in [6.07, 6.45) is 7.31. The summed E-state index contributed by atoms with van der Waals surface area (Å²) in [5.41, 5.74) is 3.20. The van der Waals surface area contributed by atoms with Crippen molar-refractivity contribution >= 4 is 24.0 Å². The SMILES string of the molecule is CC(C)Oc1cc(NC(=O)N2CCCc3ccc(C=O)nc32)ncc1CCc1ccccn1. The number of aldehydes is 1. The first kappa shape index (κ1) is 22.4. The number of anilines is 2. The molecule has 0 unspecified atom stereocenters. The van der Waals surface area contributed by atoms with E-state index in [-0.39, 0.29) is 12.1 Å². The van der Waals surface area contributed by atoms with E-state index in [4.69, 9.17) is 4.74 Å². The molecule has 3 aromatic heterocycles. The van der Waals surface area contributed by atoms with Gasteiger partial charge in [-0.2, -0.15) is 0 Å². The summed E-state index contributed by atoms with van der Waals surface area (Å²) in [6.45, 7) is 4.44. The Morgan fingerprint density at radius 3 is 2.85 bits per heavy atom. The number of hydrogen-bond acceptors (Lipinski definition) is 6. The van der Waals surface area contributed by atoms with Gasteiger partial charge < -0.3 is 4.74 Å². The second-order valence-corrected chi connectivity index (χ2v) is 8.19. The van der Waals surface area contributed by atoms with Gasteiger partial charge in [0.2, 0.25) is 0 Å². The number of carbonyl (C=O) groups is 2. The lowest BCUT2D eigenvalue weighted by Crippen LogP contribution is -2.39. The molecule has 2 amide bonds. The number of urea groups is 1. The number of aromatic nitrogens is 3. The number of pyridine rings is 3. The number of aryl methyl sites for hydroxylation is 3. The van der Waals surface area contributed by atoms with Crippen molar-refractivity contribution in [1.82, 2.24) is 15.0 Å². The van der Waals surface area contributed by atoms with Crippen LogP contribution in [0.5, 0.6) is 5.75 Å². The van der Waals surface area contributed by atoms with Crippen LogP contribution in [0.2, 0.25) is 0 Å². The largest absolute Gasteiger partial charge is 0.491 e. The van der Waals surface area contributed by atoms with E-state index < -0.39 is 0 Å². The number of nitrogens with zero attached hydrogens (tertiary/aromatic N) is 4. The highest BCUT2D eigenvalue weighted by Gasteiger charge is 2.25. The van der Waals surface area contributed by atoms with Crippen LogP contribution in [0.25, 0.3) is 0 Å². The highest BCUT2D eigenvalue weighted by Crippen LogP contribution is 2.27. The molecule has 4 heterocycles. The molecule has 0 aromatic carbocycles. The van der Waals surface area contributed by atoms with E-state index in [1.54, 1.807) is 29.4 Å². The molecule has 1 aliphatic heterocycles. The summed E-state index contributed by atoms with van der Waals surface area (Å²) in [4.78, 5) is 38.9. The normalized spacial score (nSPS) is 12.9. The molecular weight excluding hydrogens is 418 g/mol. The van der Waals surface area contributed by atoms with Crippen molar-refractivity contribution in [3.63, 3.8) is 0 Å². The Labute approximate surface area is 193 Å². The van der Waals surface area contributed by atoms with Crippen LogP contribution in [0.4, 0.5) is 16.4 Å². The molecule has 8 nitrogen and oxygen atoms in total. The van der Waals surface area contributed by atoms with Gasteiger partial charge in [0.15, 0.2) is 6.29 Å². The van der Waals surface area contributed by atoms with E-state index in [1.807, 2.05) is 38.1 Å². The van der Waals surface area contributed by atoms with Crippen LogP contribution < -0.4 is 15.0 Å². The van der Waals surface area contributed by atoms with Gasteiger partial charge in [0.1, 0.15) is 23.1 Å². The zero-order valence-corrected chi connectivity index (χ0v) is 18.8. The fraction of sp³-hybridized carbons (Fsp3) is 0.320. The first-order valence-electron chi connectivity index (χ1n) is 11.1. The summed E-state index contributed by atoms with van der Waals surface area (Å²) in [5, 5.41) is 2.86. The molecule has 0 saturated carbocycles. The maximum Gasteiger partial charge on any atom is 0.328 e. The van der Waals surface area contributed by atoms with Crippen LogP contribution in [-0.2, 0) is 19.3 Å². The van der Waals surface area contributed by atoms with Gasteiger partial charge >= 0.3 is 6.03 Å². The van der Waals surface area contributed by atoms with Gasteiger partial charge in [-0.05, 0) is 63.3 Å². The first-order chi connectivity index (χ1) is 16.0. The Bertz CT molecular complexity index is 1130. The van der Waals surface area contributed by atoms with E-state index in [0.29, 0.717) is 35.9 Å². The van der Waals surface area contributed by atoms with Gasteiger partial charge in [0.25, 0.3) is 0 Å². The second-order valence-electron chi connectivity index (χ2n) is 8.19. The molecule has 4 rings (SSSR count). The van der Waals surface area contributed by atoms with E-state index >= 15 is 0 Å². The number of fused-ring (bicyclic) bond motifs is 1. The maximum absolute atomic E-state index is 13.1. The quantitative estimate of drug-likeness (QED) is 0.546. The zero-order valence-electron chi connectivity index (χ0n) is 18.8. The van der Waals surface area contributed by atoms with Crippen LogP contribution in [-0.4, -0.2) is 39.9 Å². The number of nitrogens with one attached hydrogen (secondary N) is 1. The third-order valence-electron chi connectivity index (χ3n) is 5.34. The number of ether oxygens (including phenoxy) is 1. The average Bonchev–Trinajstić information content (AvgIpc) is 2.83. The van der Waals surface area contributed by atoms with Gasteiger partial charge in [-0.1, -0.05) is 12.1 Å². The lowest BCUT2D eigenvalue weighted by molar-refractivity contribution is 0.111. The molecule has 170 valence electrons. The predicted octanol–water partition coefficient (Wildman–Crippen LogP) is 4.24. The molecule has 0 aliphatic carbocycles. The zero-order chi connectivity index (χ0) is 23.2. The first-order valence-corrected chi connectivity index (χ1v) is 11.1. The topological polar surface area (TPSA) is 97.3 Å². The highest BCUT2D eigenvalue weighted by atomic mass is 16.5. The molecule has 1 N–H and O–H groups in total. The van der Waals surface area contributed by atoms with Crippen molar-refractivity contribution in [2.45, 2.75) is 45.6 Å². The van der Waals surface area contributed by atoms with E-state index in [9.17, 15) is 9.59 Å². The summed E-state index contributed by atoms with van der Waals surface area (Å²) in [7, 11) is 0. The molecule has 8 heteroatoms. The Kier molecular flexibility index (Phi) is 6.92. The number of carbonyl (C=O) groups excluding carboxylic acids is 2. The highest BCUT2D eigenvalue weighted by molar-refractivity contribution is 6.01. The fourth-order valence-corrected chi connectivity index (χ4v) is 3.79. The van der Waals surface area contributed by atoms with Crippen molar-refractivity contribution in [3.05, 3.63) is 71.3 Å². The second kappa shape index (κ2) is 10.2. The fourth-order valence-electron chi connectivity index (χ4n) is 3.79. The molecule has 33 heavy (non-hydrogen) atoms. The Morgan fingerprint density at radius 2 is 2.09 bits per heavy atom. The standard InChI is InChI=1S/C25H27N5O3/c1-17(2)33-22-14-23(27-15-19(22)9-10-20-7-3-4-12-26-20)29-25(32)30-13-5-6-18-8-11-21(16-31)28-24(18)30/h3-4,7-8,11-12,14-17H,5-6,9-10,13H2,1-2H3,(H,27,29,32). The van der Waals surface area contributed by atoms with Crippen LogP contribution in [0.15, 0.2) is 48.8 Å². The van der Waals surface area contributed by atoms with E-state index in [0.717, 1.165) is 42.5 Å². The van der Waals surface area contributed by atoms with Crippen molar-refractivity contribution in [3.8, 4) is 5.75 Å². The van der Waals surface area contributed by atoms with Gasteiger partial charge in [-0.25, -0.2) is 14.8 Å². The van der Waals surface area contributed by atoms with Crippen molar-refractivity contribution < 1.29 is 14.3 Å². The summed E-state index contributed by atoms with van der Waals surface area (Å²) < 4.78 is 6.01. The number of rotatable bonds is 7. The number of amides is 2. The predicted molar refractivity (Wildman–Crippen MR) is 126 cm³/mol. The van der Waals surface area contributed by atoms with Gasteiger partial charge in [-0.3, -0.25) is 20.0 Å². The van der Waals surface area contributed by atoms with Crippen molar-refractivity contribution in [2.24, 2.45) is 0 Å². The molecular formula is C25H27N5O3. The van der Waals surface area contributed by atoms with Gasteiger partial charge in [0, 0.05) is 36.3 Å². The van der Waals surface area contributed by atoms with Gasteiger partial charge in [-0.15, -0.1) is 0 Å². The average molecular weight is 446 g/mol. The lowest BCUT2D eigenvalue weighted by atomic mass is 10.1. The summed E-state index contributed by atoms with van der Waals surface area (Å²) in [6, 6.07) is 10.8. The smallest absolute Gasteiger partial charge is 0.328 e. The monoisotopic (exact) mass is 445 g/mol. The molecule has 3 aromatic rings. The molecule has 0 saturated heterocycles. The summed E-state index contributed by atoms with van der Waals surface area (Å²) >= 11 is 0. The molecule has 0 atom stereocenters. The van der Waals surface area contributed by atoms with E-state index in [2.05, 4.69) is 20.3 Å². The Morgan fingerprint density at radius 1 is 1.21 bits per heavy atom. The molecule has 0 spiro atoms. The van der Waals surface area contributed by atoms with E-state index in [1.165, 1.54) is 0 Å². The molecule has 0 fully saturated rings. The van der Waals surface area contributed by atoms with Crippen LogP contribution in [0, 0.1) is 0 Å². The van der Waals surface area contributed by atoms with Crippen LogP contribution in [0.3, 0.4) is 0 Å². The van der Waals surface area contributed by atoms with Gasteiger partial charge in [0.05, 0.1) is 6.10 Å². The minimum absolute atomic E-state index is 0.0236. The van der Waals surface area contributed by atoms with Crippen molar-refractivity contribution in [2.75, 3.05) is 16.8 Å². The third-order valence-corrected chi connectivity index (χ3v) is 5.34. The molecule has 1 aliphatic rings. The third kappa shape index (κ3) is 5.52. The lowest BCUT2D eigenvalue weighted by Gasteiger charge is -2.28. The molecule has 0 bridgehead atoms. The summed E-state index contributed by atoms with van der Waals surface area (Å²) in [5.74, 6) is 1.61. The minimum Gasteiger partial charge on any atom is -0.491 e. The minimum atomic E-state index is -0.337. The van der Waals surface area contributed by atoms with Crippen LogP contribution >= 0.6 is 0 Å². The Hall–Kier alpha value is -3.81. The maximum atomic E-state index is 13.1. The van der Waals surface area contributed by atoms with Crippen LogP contribution in [0.1, 0.15) is 47.6 Å².